The van der Waals surface area contributed by atoms with Crippen LogP contribution in [0.15, 0.2) is 77.4 Å². The van der Waals surface area contributed by atoms with Crippen LogP contribution in [0.2, 0.25) is 0 Å². The van der Waals surface area contributed by atoms with E-state index < -0.39 is 0 Å². The molecule has 0 aliphatic heterocycles. The zero-order valence-electron chi connectivity index (χ0n) is 13.8. The molecule has 0 saturated heterocycles. The average molecular weight is 392 g/mol. The zero-order chi connectivity index (χ0) is 17.2. The minimum Gasteiger partial charge on any atom is -0.359 e. The van der Waals surface area contributed by atoms with Crippen molar-refractivity contribution in [2.75, 3.05) is 5.32 Å². The van der Waals surface area contributed by atoms with E-state index in [1.54, 1.807) is 0 Å². The molecule has 4 rings (SSSR count). The number of aromatic amines is 1. The van der Waals surface area contributed by atoms with Crippen molar-refractivity contribution in [3.8, 4) is 0 Å². The summed E-state index contributed by atoms with van der Waals surface area (Å²) in [6.45, 7) is 2.13. The second-order valence-corrected chi connectivity index (χ2v) is 6.97. The number of hydrogen-bond acceptors (Lipinski definition) is 2. The molecule has 4 aromatic rings. The second kappa shape index (κ2) is 6.73. The maximum Gasteiger partial charge on any atom is 0.126 e. The summed E-state index contributed by atoms with van der Waals surface area (Å²) in [6, 6.07) is 22.8. The van der Waals surface area contributed by atoms with Crippen molar-refractivity contribution in [2.24, 2.45) is 0 Å². The molecule has 2 aromatic carbocycles. The Bertz CT molecular complexity index is 1010. The monoisotopic (exact) mass is 391 g/mol. The van der Waals surface area contributed by atoms with Gasteiger partial charge < -0.3 is 10.3 Å². The van der Waals surface area contributed by atoms with Gasteiger partial charge >= 0.3 is 0 Å². The van der Waals surface area contributed by atoms with Crippen molar-refractivity contribution < 1.29 is 0 Å². The molecular formula is C21H18BrN3. The quantitative estimate of drug-likeness (QED) is 0.458. The van der Waals surface area contributed by atoms with Crippen LogP contribution in [0.1, 0.15) is 22.9 Å². The smallest absolute Gasteiger partial charge is 0.126 e. The average Bonchev–Trinajstić information content (AvgIpc) is 2.96. The molecule has 2 aromatic heterocycles. The highest BCUT2D eigenvalue weighted by atomic mass is 79.9. The number of nitrogens with zero attached hydrogens (tertiary/aromatic N) is 1. The van der Waals surface area contributed by atoms with Crippen molar-refractivity contribution in [3.63, 3.8) is 0 Å². The minimum atomic E-state index is 0.00329. The van der Waals surface area contributed by atoms with Crippen LogP contribution in [0.4, 0.5) is 5.82 Å². The molecule has 0 spiro atoms. The molecule has 4 heteroatoms. The van der Waals surface area contributed by atoms with Gasteiger partial charge in [-0.25, -0.2) is 4.98 Å². The number of para-hydroxylation sites is 1. The molecule has 0 fully saturated rings. The van der Waals surface area contributed by atoms with Crippen molar-refractivity contribution in [1.82, 2.24) is 9.97 Å². The third-order valence-corrected chi connectivity index (χ3v) is 4.86. The molecule has 2 N–H and O–H groups in total. The van der Waals surface area contributed by atoms with E-state index in [0.717, 1.165) is 21.5 Å². The second-order valence-electron chi connectivity index (χ2n) is 6.06. The number of hydrogen-bond donors (Lipinski definition) is 2. The van der Waals surface area contributed by atoms with Gasteiger partial charge in [0.2, 0.25) is 0 Å². The summed E-state index contributed by atoms with van der Waals surface area (Å²) >= 11 is 3.60. The standard InChI is InChI=1S/C21H18BrN3/c1-14-20(17-9-2-3-10-18(17)24-14)21(15-7-6-8-16(22)13-15)25-19-11-4-5-12-23-19/h2-13,21,24H,1H3,(H,23,25). The minimum absolute atomic E-state index is 0.00329. The van der Waals surface area contributed by atoms with Gasteiger partial charge in [-0.1, -0.05) is 52.3 Å². The van der Waals surface area contributed by atoms with Gasteiger partial charge in [0.1, 0.15) is 5.82 Å². The van der Waals surface area contributed by atoms with E-state index in [9.17, 15) is 0 Å². The van der Waals surface area contributed by atoms with E-state index in [2.05, 4.69) is 80.6 Å². The summed E-state index contributed by atoms with van der Waals surface area (Å²) in [7, 11) is 0. The van der Waals surface area contributed by atoms with Crippen molar-refractivity contribution in [1.29, 1.82) is 0 Å². The summed E-state index contributed by atoms with van der Waals surface area (Å²) < 4.78 is 1.07. The van der Waals surface area contributed by atoms with Gasteiger partial charge in [-0.05, 0) is 42.8 Å². The molecular weight excluding hydrogens is 374 g/mol. The predicted molar refractivity (Wildman–Crippen MR) is 107 cm³/mol. The fourth-order valence-electron chi connectivity index (χ4n) is 3.27. The Balaban J connectivity index is 1.89. The van der Waals surface area contributed by atoms with E-state index in [4.69, 9.17) is 0 Å². The van der Waals surface area contributed by atoms with Gasteiger partial charge in [0.15, 0.2) is 0 Å². The first-order valence-corrected chi connectivity index (χ1v) is 9.02. The Morgan fingerprint density at radius 2 is 1.84 bits per heavy atom. The number of benzene rings is 2. The molecule has 25 heavy (non-hydrogen) atoms. The van der Waals surface area contributed by atoms with Gasteiger partial charge in [-0.15, -0.1) is 0 Å². The maximum atomic E-state index is 4.45. The Labute approximate surface area is 155 Å². The van der Waals surface area contributed by atoms with Gasteiger partial charge in [-0.2, -0.15) is 0 Å². The third-order valence-electron chi connectivity index (χ3n) is 4.37. The number of rotatable bonds is 4. The van der Waals surface area contributed by atoms with E-state index in [-0.39, 0.29) is 6.04 Å². The molecule has 124 valence electrons. The number of halogens is 1. The highest BCUT2D eigenvalue weighted by Gasteiger charge is 2.21. The molecule has 0 radical (unpaired) electrons. The number of anilines is 1. The van der Waals surface area contributed by atoms with E-state index in [0.29, 0.717) is 0 Å². The number of fused-ring (bicyclic) bond motifs is 1. The fraction of sp³-hybridized carbons (Fsp3) is 0.0952. The summed E-state index contributed by atoms with van der Waals surface area (Å²) in [6.07, 6.45) is 1.81. The SMILES string of the molecule is Cc1[nH]c2ccccc2c1C(Nc1ccccn1)c1cccc(Br)c1. The van der Waals surface area contributed by atoms with Crippen LogP contribution in [0.25, 0.3) is 10.9 Å². The van der Waals surface area contributed by atoms with Crippen LogP contribution in [0.3, 0.4) is 0 Å². The number of nitrogens with one attached hydrogen (secondary N) is 2. The van der Waals surface area contributed by atoms with E-state index >= 15 is 0 Å². The lowest BCUT2D eigenvalue weighted by Crippen LogP contribution is -2.14. The van der Waals surface area contributed by atoms with Crippen molar-refractivity contribution >= 4 is 32.7 Å². The lowest BCUT2D eigenvalue weighted by Gasteiger charge is -2.21. The number of H-pyrrole nitrogens is 1. The highest BCUT2D eigenvalue weighted by Crippen LogP contribution is 2.34. The molecule has 2 heterocycles. The van der Waals surface area contributed by atoms with Crippen LogP contribution in [0.5, 0.6) is 0 Å². The highest BCUT2D eigenvalue weighted by molar-refractivity contribution is 9.10. The molecule has 3 nitrogen and oxygen atoms in total. The normalized spacial score (nSPS) is 12.2. The molecule has 0 amide bonds. The van der Waals surface area contributed by atoms with Gasteiger partial charge in [0.05, 0.1) is 6.04 Å². The number of aryl methyl sites for hydroxylation is 1. The van der Waals surface area contributed by atoms with Gasteiger partial charge in [0.25, 0.3) is 0 Å². The molecule has 0 bridgehead atoms. The summed E-state index contributed by atoms with van der Waals surface area (Å²) in [5, 5.41) is 4.84. The molecule has 0 saturated carbocycles. The lowest BCUT2D eigenvalue weighted by molar-refractivity contribution is 0.920. The summed E-state index contributed by atoms with van der Waals surface area (Å²) in [5.41, 5.74) is 4.75. The van der Waals surface area contributed by atoms with Crippen molar-refractivity contribution in [3.05, 3.63) is 94.2 Å². The third kappa shape index (κ3) is 3.17. The first-order valence-electron chi connectivity index (χ1n) is 8.22. The van der Waals surface area contributed by atoms with Crippen LogP contribution >= 0.6 is 15.9 Å². The fourth-order valence-corrected chi connectivity index (χ4v) is 3.69. The maximum absolute atomic E-state index is 4.45. The first kappa shape index (κ1) is 15.9. The van der Waals surface area contributed by atoms with Crippen molar-refractivity contribution in [2.45, 2.75) is 13.0 Å². The molecule has 0 aliphatic rings. The Hall–Kier alpha value is -2.59. The van der Waals surface area contributed by atoms with Gasteiger partial charge in [0, 0.05) is 32.8 Å². The molecule has 1 unspecified atom stereocenters. The lowest BCUT2D eigenvalue weighted by atomic mass is 9.96. The summed E-state index contributed by atoms with van der Waals surface area (Å²) in [5.74, 6) is 0.858. The molecule has 1 atom stereocenters. The van der Waals surface area contributed by atoms with Gasteiger partial charge in [-0.3, -0.25) is 0 Å². The zero-order valence-corrected chi connectivity index (χ0v) is 15.4. The Morgan fingerprint density at radius 1 is 1.00 bits per heavy atom. The van der Waals surface area contributed by atoms with E-state index in [1.165, 1.54) is 16.5 Å². The van der Waals surface area contributed by atoms with Crippen LogP contribution in [-0.4, -0.2) is 9.97 Å². The summed E-state index contributed by atoms with van der Waals surface area (Å²) in [4.78, 5) is 7.96. The van der Waals surface area contributed by atoms with Crippen LogP contribution in [0, 0.1) is 6.92 Å². The van der Waals surface area contributed by atoms with E-state index in [1.807, 2.05) is 30.5 Å². The topological polar surface area (TPSA) is 40.7 Å². The number of aromatic nitrogens is 2. The Kier molecular flexibility index (Phi) is 4.28. The number of pyridine rings is 1. The Morgan fingerprint density at radius 3 is 2.64 bits per heavy atom. The molecule has 0 aliphatic carbocycles. The van der Waals surface area contributed by atoms with Crippen LogP contribution in [-0.2, 0) is 0 Å². The first-order chi connectivity index (χ1) is 12.2. The predicted octanol–water partition coefficient (Wildman–Crippen LogP) is 5.84. The largest absolute Gasteiger partial charge is 0.359 e. The van der Waals surface area contributed by atoms with Crippen LogP contribution < -0.4 is 5.32 Å².